The molecule has 136 valence electrons. The highest BCUT2D eigenvalue weighted by atomic mass is 32.2. The van der Waals surface area contributed by atoms with Crippen molar-refractivity contribution >= 4 is 21.4 Å². The minimum Gasteiger partial charge on any atom is -0.497 e. The molecular weight excluding hydrogens is 356 g/mol. The number of sulfonamides is 1. The van der Waals surface area contributed by atoms with Gasteiger partial charge in [0.2, 0.25) is 0 Å². The van der Waals surface area contributed by atoms with Crippen molar-refractivity contribution < 1.29 is 13.2 Å². The number of hydrogen-bond donors (Lipinski definition) is 0. The number of piperazine rings is 1. The van der Waals surface area contributed by atoms with Gasteiger partial charge in [-0.25, -0.2) is 8.42 Å². The highest BCUT2D eigenvalue weighted by Crippen LogP contribution is 2.26. The summed E-state index contributed by atoms with van der Waals surface area (Å²) >= 11 is 1.38. The minimum absolute atomic E-state index is 0.464. The highest BCUT2D eigenvalue weighted by Gasteiger charge is 2.29. The monoisotopic (exact) mass is 380 g/mol. The van der Waals surface area contributed by atoms with Crippen molar-refractivity contribution in [2.45, 2.75) is 24.1 Å². The van der Waals surface area contributed by atoms with Gasteiger partial charge in [0.15, 0.2) is 0 Å². The molecule has 0 atom stereocenters. The molecule has 0 spiro atoms. The topological polar surface area (TPSA) is 49.9 Å². The van der Waals surface area contributed by atoms with Crippen molar-refractivity contribution in [2.24, 2.45) is 0 Å². The van der Waals surface area contributed by atoms with Crippen molar-refractivity contribution in [3.63, 3.8) is 0 Å². The molecule has 2 aromatic rings. The summed E-state index contributed by atoms with van der Waals surface area (Å²) in [5.41, 5.74) is 1.18. The molecular formula is C18H24N2O3S2. The van der Waals surface area contributed by atoms with Crippen LogP contribution in [0.3, 0.4) is 0 Å². The van der Waals surface area contributed by atoms with Crippen LogP contribution < -0.4 is 4.74 Å². The summed E-state index contributed by atoms with van der Waals surface area (Å²) < 4.78 is 32.9. The zero-order valence-corrected chi connectivity index (χ0v) is 16.3. The average molecular weight is 381 g/mol. The van der Waals surface area contributed by atoms with Crippen LogP contribution in [0.1, 0.15) is 17.4 Å². The smallest absolute Gasteiger partial charge is 0.252 e. The zero-order valence-electron chi connectivity index (χ0n) is 14.6. The molecule has 1 aliphatic heterocycles. The van der Waals surface area contributed by atoms with Gasteiger partial charge < -0.3 is 4.74 Å². The average Bonchev–Trinajstić information content (AvgIpc) is 3.12. The normalized spacial score (nSPS) is 16.9. The van der Waals surface area contributed by atoms with Gasteiger partial charge in [0.05, 0.1) is 7.11 Å². The summed E-state index contributed by atoms with van der Waals surface area (Å²) in [6.07, 6.45) is 0.870. The summed E-state index contributed by atoms with van der Waals surface area (Å²) in [7, 11) is -1.69. The molecule has 1 aromatic carbocycles. The second-order valence-electron chi connectivity index (χ2n) is 6.11. The third-order valence-electron chi connectivity index (χ3n) is 4.45. The number of thiophene rings is 1. The van der Waals surface area contributed by atoms with E-state index >= 15 is 0 Å². The predicted molar refractivity (Wildman–Crippen MR) is 101 cm³/mol. The second-order valence-corrected chi connectivity index (χ2v) is 9.44. The van der Waals surface area contributed by atoms with E-state index in [0.29, 0.717) is 17.3 Å². The molecule has 0 N–H and O–H groups in total. The molecule has 2 heterocycles. The Balaban J connectivity index is 1.61. The van der Waals surface area contributed by atoms with Gasteiger partial charge in [0, 0.05) is 37.6 Å². The van der Waals surface area contributed by atoms with Gasteiger partial charge in [-0.1, -0.05) is 19.1 Å². The fraction of sp³-hybridized carbons (Fsp3) is 0.444. The number of rotatable bonds is 6. The molecule has 1 fully saturated rings. The standard InChI is InChI=1S/C18H24N2O3S2/c1-3-17-7-8-18(24-17)25(21,22)20-11-9-19(10-12-20)14-15-5-4-6-16(13-15)23-2/h4-8,13H,3,9-12,14H2,1-2H3. The molecule has 5 nitrogen and oxygen atoms in total. The van der Waals surface area contributed by atoms with E-state index in [2.05, 4.69) is 11.0 Å². The van der Waals surface area contributed by atoms with Gasteiger partial charge in [-0.3, -0.25) is 4.90 Å². The lowest BCUT2D eigenvalue weighted by atomic mass is 10.2. The van der Waals surface area contributed by atoms with Gasteiger partial charge >= 0.3 is 0 Å². The lowest BCUT2D eigenvalue weighted by molar-refractivity contribution is 0.181. The van der Waals surface area contributed by atoms with E-state index in [1.54, 1.807) is 17.5 Å². The summed E-state index contributed by atoms with van der Waals surface area (Å²) in [5.74, 6) is 0.850. The molecule has 3 rings (SSSR count). The first kappa shape index (κ1) is 18.4. The van der Waals surface area contributed by atoms with E-state index in [1.165, 1.54) is 16.9 Å². The number of methoxy groups -OCH3 is 1. The van der Waals surface area contributed by atoms with Crippen LogP contribution in [-0.4, -0.2) is 50.9 Å². The third-order valence-corrected chi connectivity index (χ3v) is 8.05. The van der Waals surface area contributed by atoms with Crippen LogP contribution in [0.4, 0.5) is 0 Å². The molecule has 1 aliphatic rings. The van der Waals surface area contributed by atoms with Crippen LogP contribution in [-0.2, 0) is 23.0 Å². The van der Waals surface area contributed by atoms with Crippen molar-refractivity contribution in [3.05, 3.63) is 46.8 Å². The first-order valence-corrected chi connectivity index (χ1v) is 10.7. The number of ether oxygens (including phenoxy) is 1. The maximum atomic E-state index is 12.8. The summed E-state index contributed by atoms with van der Waals surface area (Å²) in [6, 6.07) is 11.7. The van der Waals surface area contributed by atoms with E-state index in [1.807, 2.05) is 31.2 Å². The fourth-order valence-electron chi connectivity index (χ4n) is 2.97. The molecule has 0 aliphatic carbocycles. The first-order chi connectivity index (χ1) is 12.0. The maximum Gasteiger partial charge on any atom is 0.252 e. The Morgan fingerprint density at radius 3 is 2.52 bits per heavy atom. The van der Waals surface area contributed by atoms with Gasteiger partial charge in [-0.05, 0) is 36.2 Å². The second kappa shape index (κ2) is 7.86. The highest BCUT2D eigenvalue weighted by molar-refractivity contribution is 7.91. The molecule has 7 heteroatoms. The first-order valence-electron chi connectivity index (χ1n) is 8.47. The van der Waals surface area contributed by atoms with E-state index in [9.17, 15) is 8.42 Å². The van der Waals surface area contributed by atoms with Crippen LogP contribution in [0.5, 0.6) is 5.75 Å². The van der Waals surface area contributed by atoms with Crippen LogP contribution in [0.2, 0.25) is 0 Å². The Hall–Kier alpha value is -1.41. The molecule has 0 saturated carbocycles. The van der Waals surface area contributed by atoms with Crippen molar-refractivity contribution in [1.29, 1.82) is 0 Å². The zero-order chi connectivity index (χ0) is 17.9. The van der Waals surface area contributed by atoms with Crippen LogP contribution >= 0.6 is 11.3 Å². The van der Waals surface area contributed by atoms with Gasteiger partial charge in [0.1, 0.15) is 9.96 Å². The molecule has 0 unspecified atom stereocenters. The largest absolute Gasteiger partial charge is 0.497 e. The lowest BCUT2D eigenvalue weighted by Gasteiger charge is -2.33. The van der Waals surface area contributed by atoms with E-state index in [4.69, 9.17) is 4.74 Å². The summed E-state index contributed by atoms with van der Waals surface area (Å²) in [6.45, 7) is 5.39. The van der Waals surface area contributed by atoms with Crippen molar-refractivity contribution in [3.8, 4) is 5.75 Å². The summed E-state index contributed by atoms with van der Waals surface area (Å²) in [5, 5.41) is 0. The minimum atomic E-state index is -3.35. The van der Waals surface area contributed by atoms with E-state index in [0.717, 1.165) is 36.7 Å². The Kier molecular flexibility index (Phi) is 5.78. The number of aryl methyl sites for hydroxylation is 1. The van der Waals surface area contributed by atoms with E-state index in [-0.39, 0.29) is 0 Å². The molecule has 0 bridgehead atoms. The Morgan fingerprint density at radius 2 is 1.88 bits per heavy atom. The third kappa shape index (κ3) is 4.23. The van der Waals surface area contributed by atoms with Gasteiger partial charge in [-0.2, -0.15) is 4.31 Å². The Morgan fingerprint density at radius 1 is 1.12 bits per heavy atom. The maximum absolute atomic E-state index is 12.8. The van der Waals surface area contributed by atoms with Crippen molar-refractivity contribution in [1.82, 2.24) is 9.21 Å². The van der Waals surface area contributed by atoms with E-state index < -0.39 is 10.0 Å². The Bertz CT molecular complexity index is 809. The molecule has 1 aromatic heterocycles. The quantitative estimate of drug-likeness (QED) is 0.773. The molecule has 0 amide bonds. The van der Waals surface area contributed by atoms with Crippen LogP contribution in [0, 0.1) is 0 Å². The lowest BCUT2D eigenvalue weighted by Crippen LogP contribution is -2.48. The number of benzene rings is 1. The number of hydrogen-bond acceptors (Lipinski definition) is 5. The van der Waals surface area contributed by atoms with Crippen LogP contribution in [0.15, 0.2) is 40.6 Å². The fourth-order valence-corrected chi connectivity index (χ4v) is 5.84. The molecule has 1 saturated heterocycles. The Labute approximate surface area is 153 Å². The molecule has 25 heavy (non-hydrogen) atoms. The SMILES string of the molecule is CCc1ccc(S(=O)(=O)N2CCN(Cc3cccc(OC)c3)CC2)s1. The molecule has 0 radical (unpaired) electrons. The van der Waals surface area contributed by atoms with Gasteiger partial charge in [-0.15, -0.1) is 11.3 Å². The summed E-state index contributed by atoms with van der Waals surface area (Å²) in [4.78, 5) is 3.39. The van der Waals surface area contributed by atoms with Crippen LogP contribution in [0.25, 0.3) is 0 Å². The number of nitrogens with zero attached hydrogens (tertiary/aromatic N) is 2. The van der Waals surface area contributed by atoms with Crippen molar-refractivity contribution in [2.75, 3.05) is 33.3 Å². The predicted octanol–water partition coefficient (Wildman–Crippen LogP) is 2.83. The van der Waals surface area contributed by atoms with Gasteiger partial charge in [0.25, 0.3) is 10.0 Å².